The molecule has 0 amide bonds. The van der Waals surface area contributed by atoms with Gasteiger partial charge in [-0.15, -0.1) is 0 Å². The van der Waals surface area contributed by atoms with Crippen LogP contribution in [0.3, 0.4) is 0 Å². The van der Waals surface area contributed by atoms with E-state index >= 15 is 0 Å². The topological polar surface area (TPSA) is 88.3 Å². The summed E-state index contributed by atoms with van der Waals surface area (Å²) in [4.78, 5) is 16.7. The summed E-state index contributed by atoms with van der Waals surface area (Å²) in [5.41, 5.74) is 4.54. The fourth-order valence-electron chi connectivity index (χ4n) is 3.53. The number of hydrogen-bond acceptors (Lipinski definition) is 5. The minimum Gasteiger partial charge on any atom is -0.490 e. The molecule has 0 unspecified atom stereocenters. The van der Waals surface area contributed by atoms with Crippen molar-refractivity contribution in [2.75, 3.05) is 13.2 Å². The van der Waals surface area contributed by atoms with Gasteiger partial charge in [0.1, 0.15) is 29.0 Å². The second-order valence-corrected chi connectivity index (χ2v) is 8.27. The minimum absolute atomic E-state index is 0.113. The molecule has 0 aliphatic carbocycles. The summed E-state index contributed by atoms with van der Waals surface area (Å²) in [6, 6.07) is 12.7. The van der Waals surface area contributed by atoms with Crippen molar-refractivity contribution in [1.29, 1.82) is 0 Å². The smallest absolute Gasteiger partial charge is 0.179 e. The Bertz CT molecular complexity index is 1450. The second-order valence-electron chi connectivity index (χ2n) is 7.07. The number of rotatable bonds is 6. The molecular weight excluding hydrogens is 473 g/mol. The Balaban J connectivity index is 1.53. The van der Waals surface area contributed by atoms with E-state index < -0.39 is 0 Å². The number of aromatic amines is 1. The number of nitrogens with one attached hydrogen (secondary N) is 1. The van der Waals surface area contributed by atoms with Crippen LogP contribution in [0.1, 0.15) is 11.5 Å². The number of aliphatic hydroxyl groups is 1. The predicted molar refractivity (Wildman–Crippen MR) is 125 cm³/mol. The van der Waals surface area contributed by atoms with Gasteiger partial charge < -0.3 is 14.8 Å². The van der Waals surface area contributed by atoms with E-state index in [2.05, 4.69) is 15.0 Å². The number of halogens is 3. The van der Waals surface area contributed by atoms with E-state index in [1.165, 1.54) is 0 Å². The highest BCUT2D eigenvalue weighted by atomic mass is 35.5. The number of imidazole rings is 2. The Morgan fingerprint density at radius 1 is 1.00 bits per heavy atom. The molecule has 0 atom stereocenters. The third-order valence-electron chi connectivity index (χ3n) is 4.90. The lowest BCUT2D eigenvalue weighted by Gasteiger charge is -2.12. The van der Waals surface area contributed by atoms with Crippen molar-refractivity contribution in [1.82, 2.24) is 24.3 Å². The molecule has 162 valence electrons. The van der Waals surface area contributed by atoms with Gasteiger partial charge >= 0.3 is 0 Å². The Labute approximate surface area is 197 Å². The van der Waals surface area contributed by atoms with Crippen molar-refractivity contribution in [3.63, 3.8) is 0 Å². The highest BCUT2D eigenvalue weighted by molar-refractivity contribution is 6.37. The molecule has 0 saturated heterocycles. The molecule has 1 aromatic carbocycles. The van der Waals surface area contributed by atoms with E-state index in [0.29, 0.717) is 33.0 Å². The molecule has 5 aromatic rings. The van der Waals surface area contributed by atoms with Crippen LogP contribution in [0.2, 0.25) is 15.2 Å². The molecule has 0 saturated carbocycles. The normalized spacial score (nSPS) is 11.5. The van der Waals surface area contributed by atoms with E-state index in [4.69, 9.17) is 49.6 Å². The molecule has 4 aromatic heterocycles. The third-order valence-corrected chi connectivity index (χ3v) is 5.72. The first-order chi connectivity index (χ1) is 15.5. The van der Waals surface area contributed by atoms with Gasteiger partial charge in [-0.2, -0.15) is 0 Å². The Morgan fingerprint density at radius 3 is 2.72 bits per heavy atom. The first-order valence-electron chi connectivity index (χ1n) is 9.73. The van der Waals surface area contributed by atoms with Gasteiger partial charge in [0.25, 0.3) is 0 Å². The summed E-state index contributed by atoms with van der Waals surface area (Å²) in [5.74, 6) is 1.19. The van der Waals surface area contributed by atoms with E-state index in [9.17, 15) is 0 Å². The van der Waals surface area contributed by atoms with Crippen molar-refractivity contribution in [2.24, 2.45) is 0 Å². The summed E-state index contributed by atoms with van der Waals surface area (Å²) in [6.07, 6.45) is 2.44. The molecule has 4 heterocycles. The molecule has 2 N–H and O–H groups in total. The quantitative estimate of drug-likeness (QED) is 0.321. The van der Waals surface area contributed by atoms with Gasteiger partial charge in [-0.25, -0.2) is 15.0 Å². The van der Waals surface area contributed by atoms with Crippen molar-refractivity contribution in [3.05, 3.63) is 75.4 Å². The van der Waals surface area contributed by atoms with Crippen LogP contribution < -0.4 is 4.74 Å². The Kier molecular flexibility index (Phi) is 5.65. The lowest BCUT2D eigenvalue weighted by molar-refractivity contribution is 0.201. The standard InChI is InChI=1S/C22H16Cl3N5O2/c23-14-10-15(24)18(32-7-6-31)9-13(14)17-2-1-3-21-26-12(11-30(17)21)8-20-27-16-4-5-19(25)28-22(16)29-20/h1-5,9-11,31H,6-8H2,(H,27,28,29). The maximum absolute atomic E-state index is 9.06. The Hall–Kier alpha value is -2.84. The maximum Gasteiger partial charge on any atom is 0.179 e. The third kappa shape index (κ3) is 4.00. The van der Waals surface area contributed by atoms with Gasteiger partial charge in [-0.05, 0) is 36.4 Å². The minimum atomic E-state index is -0.113. The number of hydrogen-bond donors (Lipinski definition) is 2. The van der Waals surface area contributed by atoms with E-state index in [1.54, 1.807) is 18.2 Å². The molecular formula is C22H16Cl3N5O2. The van der Waals surface area contributed by atoms with Gasteiger partial charge in [0.15, 0.2) is 5.65 Å². The van der Waals surface area contributed by atoms with E-state index in [1.807, 2.05) is 34.9 Å². The SMILES string of the molecule is OCCOc1cc(-c2cccc3nc(Cc4nc5nc(Cl)ccc5[nH]4)cn23)c(Cl)cc1Cl. The Morgan fingerprint density at radius 2 is 1.88 bits per heavy atom. The fourth-order valence-corrected chi connectivity index (χ4v) is 4.21. The van der Waals surface area contributed by atoms with E-state index in [0.717, 1.165) is 33.9 Å². The monoisotopic (exact) mass is 487 g/mol. The summed E-state index contributed by atoms with van der Waals surface area (Å²) >= 11 is 18.7. The lowest BCUT2D eigenvalue weighted by atomic mass is 10.1. The lowest BCUT2D eigenvalue weighted by Crippen LogP contribution is -2.02. The number of benzene rings is 1. The number of nitrogens with zero attached hydrogens (tertiary/aromatic N) is 4. The van der Waals surface area contributed by atoms with Gasteiger partial charge in [0, 0.05) is 18.2 Å². The molecule has 0 radical (unpaired) electrons. The van der Waals surface area contributed by atoms with Crippen LogP contribution >= 0.6 is 34.8 Å². The number of fused-ring (bicyclic) bond motifs is 2. The van der Waals surface area contributed by atoms with Crippen molar-refractivity contribution in [2.45, 2.75) is 6.42 Å². The van der Waals surface area contributed by atoms with Crippen LogP contribution in [-0.4, -0.2) is 42.7 Å². The predicted octanol–water partition coefficient (Wildman–Crippen LogP) is 5.19. The van der Waals surface area contributed by atoms with E-state index in [-0.39, 0.29) is 13.2 Å². The van der Waals surface area contributed by atoms with Crippen LogP contribution in [0.4, 0.5) is 0 Å². The first-order valence-corrected chi connectivity index (χ1v) is 10.9. The number of ether oxygens (including phenoxy) is 1. The zero-order valence-corrected chi connectivity index (χ0v) is 18.8. The zero-order chi connectivity index (χ0) is 22.2. The van der Waals surface area contributed by atoms with Crippen LogP contribution in [0.25, 0.3) is 28.1 Å². The van der Waals surface area contributed by atoms with Crippen LogP contribution in [0, 0.1) is 0 Å². The highest BCUT2D eigenvalue weighted by Crippen LogP contribution is 2.37. The van der Waals surface area contributed by atoms with Gasteiger partial charge in [-0.3, -0.25) is 4.40 Å². The summed E-state index contributed by atoms with van der Waals surface area (Å²) < 4.78 is 7.50. The number of aromatic nitrogens is 5. The molecule has 32 heavy (non-hydrogen) atoms. The molecule has 0 fully saturated rings. The van der Waals surface area contributed by atoms with Gasteiger partial charge in [0.05, 0.1) is 33.6 Å². The maximum atomic E-state index is 9.06. The number of aliphatic hydroxyl groups excluding tert-OH is 1. The number of pyridine rings is 2. The molecule has 5 rings (SSSR count). The van der Waals surface area contributed by atoms with Gasteiger partial charge in [-0.1, -0.05) is 40.9 Å². The molecule has 0 aliphatic rings. The fraction of sp³-hybridized carbons (Fsp3) is 0.136. The summed E-state index contributed by atoms with van der Waals surface area (Å²) in [6.45, 7) is 0.0239. The molecule has 0 spiro atoms. The molecule has 7 nitrogen and oxygen atoms in total. The largest absolute Gasteiger partial charge is 0.490 e. The highest BCUT2D eigenvalue weighted by Gasteiger charge is 2.15. The van der Waals surface area contributed by atoms with Crippen LogP contribution in [0.5, 0.6) is 5.75 Å². The number of H-pyrrole nitrogens is 1. The second kappa shape index (κ2) is 8.60. The average molecular weight is 489 g/mol. The first kappa shape index (κ1) is 21.0. The zero-order valence-electron chi connectivity index (χ0n) is 16.5. The molecule has 10 heteroatoms. The van der Waals surface area contributed by atoms with Crippen molar-refractivity contribution >= 4 is 51.6 Å². The van der Waals surface area contributed by atoms with Crippen LogP contribution in [0.15, 0.2) is 48.7 Å². The summed E-state index contributed by atoms with van der Waals surface area (Å²) in [7, 11) is 0. The molecule has 0 aliphatic heterocycles. The molecule has 0 bridgehead atoms. The summed E-state index contributed by atoms with van der Waals surface area (Å²) in [5, 5.41) is 10.3. The van der Waals surface area contributed by atoms with Gasteiger partial charge in [0.2, 0.25) is 0 Å². The average Bonchev–Trinajstić information content (AvgIpc) is 3.35. The van der Waals surface area contributed by atoms with Crippen molar-refractivity contribution < 1.29 is 9.84 Å². The van der Waals surface area contributed by atoms with Crippen LogP contribution in [-0.2, 0) is 6.42 Å². The van der Waals surface area contributed by atoms with Crippen molar-refractivity contribution in [3.8, 4) is 17.0 Å².